The Morgan fingerprint density at radius 3 is 2.33 bits per heavy atom. The molecule has 0 atom stereocenters. The van der Waals surface area contributed by atoms with Crippen molar-refractivity contribution in [1.29, 1.82) is 0 Å². The predicted octanol–water partition coefficient (Wildman–Crippen LogP) is 0.851. The number of carbonyl (C=O) groups excluding carboxylic acids is 2. The van der Waals surface area contributed by atoms with Gasteiger partial charge in [-0.25, -0.2) is 4.79 Å². The van der Waals surface area contributed by atoms with Crippen molar-refractivity contribution in [2.75, 3.05) is 17.2 Å². The average molecular weight is 251 g/mol. The van der Waals surface area contributed by atoms with Crippen molar-refractivity contribution in [2.45, 2.75) is 6.42 Å². The Labute approximate surface area is 103 Å². The minimum atomic E-state index is -0.973. The monoisotopic (exact) mass is 251 g/mol. The van der Waals surface area contributed by atoms with Gasteiger partial charge in [-0.2, -0.15) is 0 Å². The molecule has 0 bridgehead atoms. The van der Waals surface area contributed by atoms with E-state index in [1.807, 2.05) is 0 Å². The zero-order valence-corrected chi connectivity index (χ0v) is 9.47. The minimum Gasteiger partial charge on any atom is -0.481 e. The Hall–Kier alpha value is -2.57. The van der Waals surface area contributed by atoms with E-state index in [9.17, 15) is 14.4 Å². The maximum atomic E-state index is 11.3. The number of aliphatic carboxylic acids is 1. The van der Waals surface area contributed by atoms with Gasteiger partial charge in [-0.1, -0.05) is 0 Å². The third-order valence-corrected chi connectivity index (χ3v) is 1.99. The number of rotatable bonds is 6. The molecule has 7 nitrogen and oxygen atoms in total. The van der Waals surface area contributed by atoms with E-state index in [1.54, 1.807) is 24.3 Å². The number of benzene rings is 1. The van der Waals surface area contributed by atoms with E-state index in [-0.39, 0.29) is 13.0 Å². The van der Waals surface area contributed by atoms with Gasteiger partial charge in [-0.15, -0.1) is 0 Å². The fourth-order valence-electron chi connectivity index (χ4n) is 1.18. The second-order valence-corrected chi connectivity index (χ2v) is 3.36. The molecule has 0 saturated carbocycles. The Morgan fingerprint density at radius 1 is 1.17 bits per heavy atom. The lowest BCUT2D eigenvalue weighted by atomic mass is 10.3. The van der Waals surface area contributed by atoms with Gasteiger partial charge in [0.2, 0.25) is 6.41 Å². The van der Waals surface area contributed by atoms with Crippen LogP contribution in [0.3, 0.4) is 0 Å². The highest BCUT2D eigenvalue weighted by molar-refractivity contribution is 5.89. The van der Waals surface area contributed by atoms with Gasteiger partial charge < -0.3 is 21.1 Å². The van der Waals surface area contributed by atoms with Crippen LogP contribution in [0.5, 0.6) is 0 Å². The molecule has 0 fully saturated rings. The summed E-state index contributed by atoms with van der Waals surface area (Å²) in [4.78, 5) is 31.7. The van der Waals surface area contributed by atoms with Gasteiger partial charge >= 0.3 is 12.0 Å². The Balaban J connectivity index is 2.39. The van der Waals surface area contributed by atoms with Crippen molar-refractivity contribution < 1.29 is 19.5 Å². The SMILES string of the molecule is O=CNc1ccc(NC(=O)NCCC(=O)O)cc1. The van der Waals surface area contributed by atoms with E-state index in [4.69, 9.17) is 5.11 Å². The first-order valence-corrected chi connectivity index (χ1v) is 5.18. The van der Waals surface area contributed by atoms with Crippen LogP contribution >= 0.6 is 0 Å². The summed E-state index contributed by atoms with van der Waals surface area (Å²) in [5.41, 5.74) is 1.15. The predicted molar refractivity (Wildman–Crippen MR) is 65.4 cm³/mol. The number of urea groups is 1. The van der Waals surface area contributed by atoms with Gasteiger partial charge in [0, 0.05) is 17.9 Å². The van der Waals surface area contributed by atoms with Crippen LogP contribution < -0.4 is 16.0 Å². The van der Waals surface area contributed by atoms with Crippen LogP contribution in [0.2, 0.25) is 0 Å². The van der Waals surface area contributed by atoms with Gasteiger partial charge in [-0.3, -0.25) is 9.59 Å². The summed E-state index contributed by atoms with van der Waals surface area (Å²) in [6.45, 7) is 0.0615. The quantitative estimate of drug-likeness (QED) is 0.562. The molecule has 4 N–H and O–H groups in total. The highest BCUT2D eigenvalue weighted by Gasteiger charge is 2.02. The van der Waals surface area contributed by atoms with Gasteiger partial charge in [0.25, 0.3) is 0 Å². The fourth-order valence-corrected chi connectivity index (χ4v) is 1.18. The molecular formula is C11H13N3O4. The summed E-state index contributed by atoms with van der Waals surface area (Å²) in [6.07, 6.45) is 0.427. The van der Waals surface area contributed by atoms with Crippen LogP contribution in [0.4, 0.5) is 16.2 Å². The van der Waals surface area contributed by atoms with E-state index >= 15 is 0 Å². The van der Waals surface area contributed by atoms with Crippen LogP contribution in [0.15, 0.2) is 24.3 Å². The largest absolute Gasteiger partial charge is 0.481 e. The van der Waals surface area contributed by atoms with Crippen LogP contribution in [0, 0.1) is 0 Å². The third-order valence-electron chi connectivity index (χ3n) is 1.99. The number of carbonyl (C=O) groups is 3. The van der Waals surface area contributed by atoms with Gasteiger partial charge in [-0.05, 0) is 24.3 Å². The molecule has 0 spiro atoms. The molecule has 0 aliphatic carbocycles. The minimum absolute atomic E-state index is 0.0615. The van der Waals surface area contributed by atoms with Crippen LogP contribution in [-0.4, -0.2) is 30.1 Å². The van der Waals surface area contributed by atoms with Gasteiger partial charge in [0.15, 0.2) is 0 Å². The van der Waals surface area contributed by atoms with Crippen LogP contribution in [0.25, 0.3) is 0 Å². The van der Waals surface area contributed by atoms with E-state index in [0.717, 1.165) is 0 Å². The fraction of sp³-hybridized carbons (Fsp3) is 0.182. The van der Waals surface area contributed by atoms with Gasteiger partial charge in [0.05, 0.1) is 6.42 Å². The Kier molecular flexibility index (Phi) is 5.17. The molecule has 96 valence electrons. The maximum Gasteiger partial charge on any atom is 0.319 e. The first kappa shape index (κ1) is 13.5. The molecule has 0 unspecified atom stereocenters. The highest BCUT2D eigenvalue weighted by Crippen LogP contribution is 2.12. The molecule has 1 aromatic rings. The smallest absolute Gasteiger partial charge is 0.319 e. The molecular weight excluding hydrogens is 238 g/mol. The molecule has 18 heavy (non-hydrogen) atoms. The maximum absolute atomic E-state index is 11.3. The summed E-state index contributed by atoms with van der Waals surface area (Å²) in [7, 11) is 0. The standard InChI is InChI=1S/C11H13N3O4/c15-7-13-8-1-3-9(4-2-8)14-11(18)12-6-5-10(16)17/h1-4,7H,5-6H2,(H,13,15)(H,16,17)(H2,12,14,18). The summed E-state index contributed by atoms with van der Waals surface area (Å²) in [5, 5.41) is 15.8. The van der Waals surface area contributed by atoms with Crippen molar-refractivity contribution in [1.82, 2.24) is 5.32 Å². The molecule has 1 rings (SSSR count). The molecule has 0 saturated heterocycles. The van der Waals surface area contributed by atoms with E-state index in [0.29, 0.717) is 17.8 Å². The van der Waals surface area contributed by atoms with Gasteiger partial charge in [0.1, 0.15) is 0 Å². The molecule has 0 aliphatic heterocycles. The van der Waals surface area contributed by atoms with E-state index < -0.39 is 12.0 Å². The normalized spacial score (nSPS) is 9.33. The first-order valence-electron chi connectivity index (χ1n) is 5.18. The summed E-state index contributed by atoms with van der Waals surface area (Å²) >= 11 is 0. The number of anilines is 2. The highest BCUT2D eigenvalue weighted by atomic mass is 16.4. The zero-order chi connectivity index (χ0) is 13.4. The third kappa shape index (κ3) is 4.97. The van der Waals surface area contributed by atoms with E-state index in [1.165, 1.54) is 0 Å². The topological polar surface area (TPSA) is 108 Å². The van der Waals surface area contributed by atoms with Crippen molar-refractivity contribution >= 4 is 29.8 Å². The Bertz CT molecular complexity index is 430. The lowest BCUT2D eigenvalue weighted by Gasteiger charge is -2.07. The number of hydrogen-bond acceptors (Lipinski definition) is 3. The molecule has 3 amide bonds. The van der Waals surface area contributed by atoms with E-state index in [2.05, 4.69) is 16.0 Å². The summed E-state index contributed by atoms with van der Waals surface area (Å²) in [5.74, 6) is -0.973. The van der Waals surface area contributed by atoms with Crippen molar-refractivity contribution in [2.24, 2.45) is 0 Å². The lowest BCUT2D eigenvalue weighted by molar-refractivity contribution is -0.136. The number of nitrogens with one attached hydrogen (secondary N) is 3. The Morgan fingerprint density at radius 2 is 1.78 bits per heavy atom. The van der Waals surface area contributed by atoms with Crippen LogP contribution in [-0.2, 0) is 9.59 Å². The molecule has 0 aromatic heterocycles. The van der Waals surface area contributed by atoms with Crippen LogP contribution in [0.1, 0.15) is 6.42 Å². The molecule has 1 aromatic carbocycles. The van der Waals surface area contributed by atoms with Crippen molar-refractivity contribution in [3.8, 4) is 0 Å². The lowest BCUT2D eigenvalue weighted by Crippen LogP contribution is -2.30. The second-order valence-electron chi connectivity index (χ2n) is 3.36. The second kappa shape index (κ2) is 6.89. The average Bonchev–Trinajstić information content (AvgIpc) is 2.31. The summed E-state index contributed by atoms with van der Waals surface area (Å²) < 4.78 is 0. The molecule has 0 aliphatic rings. The number of carboxylic acid groups (broad SMARTS) is 1. The molecule has 0 radical (unpaired) electrons. The van der Waals surface area contributed by atoms with Crippen molar-refractivity contribution in [3.05, 3.63) is 24.3 Å². The summed E-state index contributed by atoms with van der Waals surface area (Å²) in [6, 6.07) is 6.00. The first-order chi connectivity index (χ1) is 8.61. The molecule has 7 heteroatoms. The number of amides is 3. The molecule has 0 heterocycles. The number of carboxylic acids is 1. The zero-order valence-electron chi connectivity index (χ0n) is 9.47. The van der Waals surface area contributed by atoms with Crippen molar-refractivity contribution in [3.63, 3.8) is 0 Å². The number of hydrogen-bond donors (Lipinski definition) is 4.